The highest BCUT2D eigenvalue weighted by atomic mass is 35.5. The first kappa shape index (κ1) is 15.1. The van der Waals surface area contributed by atoms with Crippen molar-refractivity contribution in [2.45, 2.75) is 19.4 Å². The number of hydrogen-bond acceptors (Lipinski definition) is 4. The molecule has 0 aromatic heterocycles. The smallest absolute Gasteiger partial charge is 0.179 e. The summed E-state index contributed by atoms with van der Waals surface area (Å²) in [5.41, 5.74) is 6.26. The number of ether oxygens (including phenoxy) is 2. The Morgan fingerprint density at radius 1 is 1.33 bits per heavy atom. The van der Waals surface area contributed by atoms with Crippen molar-refractivity contribution in [3.05, 3.63) is 22.7 Å². The molecule has 1 rings (SSSR count). The number of rotatable bonds is 6. The molecule has 0 aliphatic carbocycles. The molecule has 0 spiro atoms. The maximum atomic E-state index is 10.3. The van der Waals surface area contributed by atoms with Gasteiger partial charge in [-0.05, 0) is 19.0 Å². The first-order valence-electron chi connectivity index (χ1n) is 5.89. The molecule has 4 nitrogen and oxygen atoms in total. The molecule has 0 radical (unpaired) electrons. The number of aliphatic hydroxyl groups is 1. The summed E-state index contributed by atoms with van der Waals surface area (Å²) in [6, 6.07) is 3.47. The first-order chi connectivity index (χ1) is 8.60. The Morgan fingerprint density at radius 2 is 2.00 bits per heavy atom. The van der Waals surface area contributed by atoms with Crippen LogP contribution in [0, 0.1) is 5.92 Å². The quantitative estimate of drug-likeness (QED) is 0.835. The van der Waals surface area contributed by atoms with E-state index < -0.39 is 6.10 Å². The summed E-state index contributed by atoms with van der Waals surface area (Å²) < 4.78 is 10.4. The zero-order valence-corrected chi connectivity index (χ0v) is 11.7. The van der Waals surface area contributed by atoms with Gasteiger partial charge in [0.1, 0.15) is 0 Å². The molecule has 2 atom stereocenters. The van der Waals surface area contributed by atoms with Crippen LogP contribution in [-0.4, -0.2) is 25.9 Å². The highest BCUT2D eigenvalue weighted by Crippen LogP contribution is 2.41. The van der Waals surface area contributed by atoms with Gasteiger partial charge in [-0.2, -0.15) is 0 Å². The summed E-state index contributed by atoms with van der Waals surface area (Å²) in [5, 5.41) is 10.7. The van der Waals surface area contributed by atoms with Gasteiger partial charge in [-0.15, -0.1) is 0 Å². The predicted octanol–water partition coefficient (Wildman–Crippen LogP) is 2.38. The third-order valence-electron chi connectivity index (χ3n) is 3.11. The van der Waals surface area contributed by atoms with Crippen LogP contribution in [0.2, 0.25) is 5.02 Å². The van der Waals surface area contributed by atoms with E-state index in [4.69, 9.17) is 26.8 Å². The Hall–Kier alpha value is -0.970. The molecule has 0 amide bonds. The second kappa shape index (κ2) is 6.83. The van der Waals surface area contributed by atoms with E-state index in [0.29, 0.717) is 28.6 Å². The van der Waals surface area contributed by atoms with Crippen LogP contribution in [0.15, 0.2) is 12.1 Å². The normalized spacial score (nSPS) is 14.1. The summed E-state index contributed by atoms with van der Waals surface area (Å²) >= 11 is 6.24. The van der Waals surface area contributed by atoms with Crippen LogP contribution in [-0.2, 0) is 0 Å². The summed E-state index contributed by atoms with van der Waals surface area (Å²) in [6.07, 6.45) is 0.0785. The van der Waals surface area contributed by atoms with Gasteiger partial charge in [-0.3, -0.25) is 0 Å². The molecule has 5 heteroatoms. The van der Waals surface area contributed by atoms with Gasteiger partial charge in [0.25, 0.3) is 0 Å². The minimum absolute atomic E-state index is 0.0272. The number of methoxy groups -OCH3 is 2. The molecule has 0 aliphatic heterocycles. The predicted molar refractivity (Wildman–Crippen MR) is 72.4 cm³/mol. The van der Waals surface area contributed by atoms with Crippen molar-refractivity contribution >= 4 is 11.6 Å². The monoisotopic (exact) mass is 273 g/mol. The SMILES string of the molecule is CCC(CN)C(O)c1ccc(OC)c(OC)c1Cl. The minimum atomic E-state index is -0.702. The Labute approximate surface area is 113 Å². The van der Waals surface area contributed by atoms with E-state index in [1.165, 1.54) is 7.11 Å². The molecule has 0 fully saturated rings. The van der Waals surface area contributed by atoms with Crippen molar-refractivity contribution in [3.63, 3.8) is 0 Å². The summed E-state index contributed by atoms with van der Waals surface area (Å²) in [7, 11) is 3.05. The third kappa shape index (κ3) is 2.88. The molecule has 0 saturated heterocycles. The largest absolute Gasteiger partial charge is 0.493 e. The Morgan fingerprint density at radius 3 is 2.44 bits per heavy atom. The lowest BCUT2D eigenvalue weighted by Gasteiger charge is -2.22. The standard InChI is InChI=1S/C13H20ClNO3/c1-4-8(7-15)12(16)9-5-6-10(17-2)13(18-3)11(9)14/h5-6,8,12,16H,4,7,15H2,1-3H3. The van der Waals surface area contributed by atoms with Gasteiger partial charge in [-0.1, -0.05) is 24.6 Å². The van der Waals surface area contributed by atoms with Crippen LogP contribution in [0.4, 0.5) is 0 Å². The van der Waals surface area contributed by atoms with Crippen LogP contribution in [0.1, 0.15) is 25.0 Å². The van der Waals surface area contributed by atoms with Gasteiger partial charge < -0.3 is 20.3 Å². The minimum Gasteiger partial charge on any atom is -0.493 e. The molecular formula is C13H20ClNO3. The molecule has 2 unspecified atom stereocenters. The van der Waals surface area contributed by atoms with Crippen molar-refractivity contribution in [1.82, 2.24) is 0 Å². The Bertz CT molecular complexity index is 394. The summed E-state index contributed by atoms with van der Waals surface area (Å²) in [6.45, 7) is 2.39. The molecule has 1 aromatic rings. The second-order valence-corrected chi connectivity index (χ2v) is 4.43. The number of aliphatic hydroxyl groups excluding tert-OH is 1. The lowest BCUT2D eigenvalue weighted by molar-refractivity contribution is 0.110. The van der Waals surface area contributed by atoms with Crippen molar-refractivity contribution in [2.75, 3.05) is 20.8 Å². The second-order valence-electron chi connectivity index (χ2n) is 4.05. The molecule has 18 heavy (non-hydrogen) atoms. The van der Waals surface area contributed by atoms with Crippen LogP contribution >= 0.6 is 11.6 Å². The Balaban J connectivity index is 3.18. The zero-order chi connectivity index (χ0) is 13.7. The lowest BCUT2D eigenvalue weighted by Crippen LogP contribution is -2.21. The number of nitrogens with two attached hydrogens (primary N) is 1. The van der Waals surface area contributed by atoms with Crippen LogP contribution < -0.4 is 15.2 Å². The fraction of sp³-hybridized carbons (Fsp3) is 0.538. The van der Waals surface area contributed by atoms with E-state index in [2.05, 4.69) is 0 Å². The molecule has 0 aliphatic rings. The van der Waals surface area contributed by atoms with Gasteiger partial charge >= 0.3 is 0 Å². The van der Waals surface area contributed by atoms with Crippen molar-refractivity contribution in [1.29, 1.82) is 0 Å². The van der Waals surface area contributed by atoms with Gasteiger partial charge in [0.15, 0.2) is 11.5 Å². The fourth-order valence-electron chi connectivity index (χ4n) is 1.91. The van der Waals surface area contributed by atoms with Gasteiger partial charge in [0, 0.05) is 11.5 Å². The van der Waals surface area contributed by atoms with Gasteiger partial charge in [0.05, 0.1) is 25.3 Å². The van der Waals surface area contributed by atoms with Crippen LogP contribution in [0.3, 0.4) is 0 Å². The van der Waals surface area contributed by atoms with E-state index in [1.54, 1.807) is 19.2 Å². The number of benzene rings is 1. The molecular weight excluding hydrogens is 254 g/mol. The molecule has 3 N–H and O–H groups in total. The average Bonchev–Trinajstić information content (AvgIpc) is 2.39. The zero-order valence-electron chi connectivity index (χ0n) is 10.9. The first-order valence-corrected chi connectivity index (χ1v) is 6.26. The lowest BCUT2D eigenvalue weighted by atomic mass is 9.93. The van der Waals surface area contributed by atoms with E-state index in [9.17, 15) is 5.11 Å². The summed E-state index contributed by atoms with van der Waals surface area (Å²) in [5.74, 6) is 0.947. The van der Waals surface area contributed by atoms with Gasteiger partial charge in [0.2, 0.25) is 0 Å². The number of halogens is 1. The fourth-order valence-corrected chi connectivity index (χ4v) is 2.25. The van der Waals surface area contributed by atoms with Crippen molar-refractivity contribution in [3.8, 4) is 11.5 Å². The third-order valence-corrected chi connectivity index (χ3v) is 3.50. The Kier molecular flexibility index (Phi) is 5.72. The molecule has 0 saturated carbocycles. The molecule has 1 aromatic carbocycles. The van der Waals surface area contributed by atoms with E-state index in [-0.39, 0.29) is 5.92 Å². The highest BCUT2D eigenvalue weighted by Gasteiger charge is 2.23. The average molecular weight is 274 g/mol. The molecule has 0 heterocycles. The maximum Gasteiger partial charge on any atom is 0.179 e. The maximum absolute atomic E-state index is 10.3. The van der Waals surface area contributed by atoms with E-state index in [0.717, 1.165) is 6.42 Å². The van der Waals surface area contributed by atoms with Crippen molar-refractivity contribution < 1.29 is 14.6 Å². The molecule has 0 bridgehead atoms. The van der Waals surface area contributed by atoms with Crippen LogP contribution in [0.25, 0.3) is 0 Å². The van der Waals surface area contributed by atoms with E-state index >= 15 is 0 Å². The topological polar surface area (TPSA) is 64.7 Å². The van der Waals surface area contributed by atoms with Crippen molar-refractivity contribution in [2.24, 2.45) is 11.7 Å². The summed E-state index contributed by atoms with van der Waals surface area (Å²) in [4.78, 5) is 0. The van der Waals surface area contributed by atoms with Gasteiger partial charge in [-0.25, -0.2) is 0 Å². The highest BCUT2D eigenvalue weighted by molar-refractivity contribution is 6.33. The molecule has 102 valence electrons. The number of hydrogen-bond donors (Lipinski definition) is 2. The van der Waals surface area contributed by atoms with Crippen LogP contribution in [0.5, 0.6) is 11.5 Å². The van der Waals surface area contributed by atoms with E-state index in [1.807, 2.05) is 6.92 Å².